The van der Waals surface area contributed by atoms with Gasteiger partial charge in [-0.1, -0.05) is 0 Å². The van der Waals surface area contributed by atoms with Crippen LogP contribution in [0.1, 0.15) is 49.9 Å². The van der Waals surface area contributed by atoms with E-state index < -0.39 is 4.92 Å². The molecule has 1 N–H and O–H groups in total. The van der Waals surface area contributed by atoms with Crippen LogP contribution in [0.25, 0.3) is 0 Å². The van der Waals surface area contributed by atoms with Crippen LogP contribution >= 0.6 is 0 Å². The molecule has 0 unspecified atom stereocenters. The molecule has 0 radical (unpaired) electrons. The Hall–Kier alpha value is -2.19. The molecule has 1 saturated heterocycles. The van der Waals surface area contributed by atoms with Gasteiger partial charge in [-0.25, -0.2) is 0 Å². The minimum atomic E-state index is -0.519. The fourth-order valence-corrected chi connectivity index (χ4v) is 4.34. The molecule has 1 aromatic carbocycles. The third-order valence-corrected chi connectivity index (χ3v) is 5.63. The summed E-state index contributed by atoms with van der Waals surface area (Å²) >= 11 is 0. The fraction of sp³-hybridized carbons (Fsp3) is 0.650. The van der Waals surface area contributed by atoms with Crippen LogP contribution in [0.2, 0.25) is 0 Å². The van der Waals surface area contributed by atoms with Crippen LogP contribution in [-0.4, -0.2) is 60.2 Å². The average Bonchev–Trinajstić information content (AvgIpc) is 2.67. The number of ether oxygens (including phenoxy) is 2. The zero-order valence-corrected chi connectivity index (χ0v) is 16.7. The van der Waals surface area contributed by atoms with Crippen molar-refractivity contribution in [2.75, 3.05) is 20.2 Å². The number of rotatable bonds is 5. The summed E-state index contributed by atoms with van der Waals surface area (Å²) in [6.07, 6.45) is 4.49. The molecule has 8 nitrogen and oxygen atoms in total. The summed E-state index contributed by atoms with van der Waals surface area (Å²) in [5, 5.41) is 14.1. The second-order valence-corrected chi connectivity index (χ2v) is 7.83. The Morgan fingerprint density at radius 3 is 2.43 bits per heavy atom. The SMILES string of the molecule is COc1cc(C(=O)N[C@H]2CC[C@H](N3C[C@@H](C)O[C@@H](C)C3)CC2)ccc1[N+](=O)[O-]. The molecule has 1 aromatic rings. The zero-order valence-electron chi connectivity index (χ0n) is 16.7. The van der Waals surface area contributed by atoms with Gasteiger partial charge in [0.25, 0.3) is 5.91 Å². The Bertz CT molecular complexity index is 708. The maximum absolute atomic E-state index is 12.6. The molecular formula is C20H29N3O5. The van der Waals surface area contributed by atoms with Crippen molar-refractivity contribution in [1.82, 2.24) is 10.2 Å². The number of nitro benzene ring substituents is 1. The van der Waals surface area contributed by atoms with Crippen molar-refractivity contribution in [2.24, 2.45) is 0 Å². The number of morpholine rings is 1. The van der Waals surface area contributed by atoms with Crippen LogP contribution < -0.4 is 10.1 Å². The Morgan fingerprint density at radius 1 is 1.21 bits per heavy atom. The molecule has 0 spiro atoms. The highest BCUT2D eigenvalue weighted by atomic mass is 16.6. The fourth-order valence-electron chi connectivity index (χ4n) is 4.34. The van der Waals surface area contributed by atoms with Gasteiger partial charge in [0.05, 0.1) is 24.2 Å². The van der Waals surface area contributed by atoms with E-state index in [2.05, 4.69) is 24.1 Å². The number of amides is 1. The first-order valence-corrected chi connectivity index (χ1v) is 9.90. The number of nitro groups is 1. The number of methoxy groups -OCH3 is 1. The van der Waals surface area contributed by atoms with E-state index in [1.807, 2.05) is 0 Å². The lowest BCUT2D eigenvalue weighted by molar-refractivity contribution is -0.385. The number of hydrogen-bond acceptors (Lipinski definition) is 6. The van der Waals surface area contributed by atoms with Crippen LogP contribution in [0, 0.1) is 10.1 Å². The summed E-state index contributed by atoms with van der Waals surface area (Å²) in [5.41, 5.74) is 0.230. The summed E-state index contributed by atoms with van der Waals surface area (Å²) in [6.45, 7) is 6.17. The molecule has 2 fully saturated rings. The average molecular weight is 391 g/mol. The largest absolute Gasteiger partial charge is 0.490 e. The van der Waals surface area contributed by atoms with Crippen molar-refractivity contribution in [3.63, 3.8) is 0 Å². The van der Waals surface area contributed by atoms with E-state index in [4.69, 9.17) is 9.47 Å². The molecule has 0 bridgehead atoms. The minimum Gasteiger partial charge on any atom is -0.490 e. The van der Waals surface area contributed by atoms with E-state index in [-0.39, 0.29) is 35.6 Å². The molecule has 28 heavy (non-hydrogen) atoms. The summed E-state index contributed by atoms with van der Waals surface area (Å²) < 4.78 is 10.9. The smallest absolute Gasteiger partial charge is 0.310 e. The van der Waals surface area contributed by atoms with E-state index in [9.17, 15) is 14.9 Å². The molecule has 154 valence electrons. The number of hydrogen-bond donors (Lipinski definition) is 1. The molecule has 2 atom stereocenters. The summed E-state index contributed by atoms with van der Waals surface area (Å²) in [7, 11) is 1.36. The Labute approximate surface area is 165 Å². The van der Waals surface area contributed by atoms with E-state index in [1.165, 1.54) is 25.3 Å². The van der Waals surface area contributed by atoms with Gasteiger partial charge in [-0.05, 0) is 45.6 Å². The van der Waals surface area contributed by atoms with Crippen molar-refractivity contribution < 1.29 is 19.2 Å². The van der Waals surface area contributed by atoms with Gasteiger partial charge < -0.3 is 14.8 Å². The van der Waals surface area contributed by atoms with Crippen molar-refractivity contribution >= 4 is 11.6 Å². The van der Waals surface area contributed by atoms with Crippen molar-refractivity contribution in [3.8, 4) is 5.75 Å². The monoisotopic (exact) mass is 391 g/mol. The van der Waals surface area contributed by atoms with Gasteiger partial charge in [-0.2, -0.15) is 0 Å². The zero-order chi connectivity index (χ0) is 20.3. The van der Waals surface area contributed by atoms with Gasteiger partial charge >= 0.3 is 5.69 Å². The number of carbonyl (C=O) groups is 1. The van der Waals surface area contributed by atoms with Crippen molar-refractivity contribution in [1.29, 1.82) is 0 Å². The maximum Gasteiger partial charge on any atom is 0.310 e. The van der Waals surface area contributed by atoms with Crippen LogP contribution in [0.5, 0.6) is 5.75 Å². The normalized spacial score (nSPS) is 28.5. The van der Waals surface area contributed by atoms with Crippen LogP contribution in [-0.2, 0) is 4.74 Å². The van der Waals surface area contributed by atoms with Crippen molar-refractivity contribution in [3.05, 3.63) is 33.9 Å². The molecular weight excluding hydrogens is 362 g/mol. The van der Waals surface area contributed by atoms with Gasteiger partial charge in [-0.15, -0.1) is 0 Å². The second-order valence-electron chi connectivity index (χ2n) is 7.83. The molecule has 8 heteroatoms. The van der Waals surface area contributed by atoms with Gasteiger partial charge in [-0.3, -0.25) is 19.8 Å². The van der Waals surface area contributed by atoms with E-state index in [1.54, 1.807) is 0 Å². The van der Waals surface area contributed by atoms with Gasteiger partial charge in [0.2, 0.25) is 0 Å². The first kappa shape index (κ1) is 20.5. The first-order chi connectivity index (χ1) is 13.4. The Kier molecular flexibility index (Phi) is 6.51. The molecule has 3 rings (SSSR count). The molecule has 1 amide bonds. The highest BCUT2D eigenvalue weighted by molar-refractivity contribution is 5.95. The lowest BCUT2D eigenvalue weighted by Crippen LogP contribution is -2.52. The summed E-state index contributed by atoms with van der Waals surface area (Å²) in [4.78, 5) is 25.6. The van der Waals surface area contributed by atoms with Crippen LogP contribution in [0.4, 0.5) is 5.69 Å². The molecule has 1 saturated carbocycles. The van der Waals surface area contributed by atoms with E-state index in [0.717, 1.165) is 38.8 Å². The second kappa shape index (κ2) is 8.87. The van der Waals surface area contributed by atoms with Gasteiger partial charge in [0.15, 0.2) is 5.75 Å². The molecule has 2 aliphatic rings. The van der Waals surface area contributed by atoms with Gasteiger partial charge in [0.1, 0.15) is 0 Å². The predicted molar refractivity (Wildman–Crippen MR) is 105 cm³/mol. The minimum absolute atomic E-state index is 0.0944. The Morgan fingerprint density at radius 2 is 1.86 bits per heavy atom. The van der Waals surface area contributed by atoms with Crippen LogP contribution in [0.15, 0.2) is 18.2 Å². The third-order valence-electron chi connectivity index (χ3n) is 5.63. The predicted octanol–water partition coefficient (Wildman–Crippen LogP) is 2.75. The summed E-state index contributed by atoms with van der Waals surface area (Å²) in [5.74, 6) is -0.123. The highest BCUT2D eigenvalue weighted by Gasteiger charge is 2.31. The molecule has 1 heterocycles. The van der Waals surface area contributed by atoms with Crippen molar-refractivity contribution in [2.45, 2.75) is 63.8 Å². The third kappa shape index (κ3) is 4.80. The lowest BCUT2D eigenvalue weighted by Gasteiger charge is -2.42. The maximum atomic E-state index is 12.6. The number of nitrogens with one attached hydrogen (secondary N) is 1. The van der Waals surface area contributed by atoms with Crippen LogP contribution in [0.3, 0.4) is 0 Å². The topological polar surface area (TPSA) is 93.9 Å². The van der Waals surface area contributed by atoms with E-state index >= 15 is 0 Å². The quantitative estimate of drug-likeness (QED) is 0.613. The summed E-state index contributed by atoms with van der Waals surface area (Å²) in [6, 6.07) is 4.88. The lowest BCUT2D eigenvalue weighted by atomic mass is 9.89. The van der Waals surface area contributed by atoms with Gasteiger partial charge in [0, 0.05) is 42.9 Å². The molecule has 1 aliphatic carbocycles. The van der Waals surface area contributed by atoms with E-state index in [0.29, 0.717) is 11.6 Å². The number of nitrogens with zero attached hydrogens (tertiary/aromatic N) is 2. The number of carbonyl (C=O) groups excluding carboxylic acids is 1. The molecule has 1 aliphatic heterocycles. The molecule has 0 aromatic heterocycles. The standard InChI is InChI=1S/C20H29N3O5/c1-13-11-22(12-14(2)28-13)17-7-5-16(6-8-17)21-20(24)15-4-9-18(23(25)26)19(10-15)27-3/h4,9-10,13-14,16-17H,5-8,11-12H2,1-3H3,(H,21,24)/t13-,14+,16-,17-. The highest BCUT2D eigenvalue weighted by Crippen LogP contribution is 2.29. The number of benzene rings is 1. The Balaban J connectivity index is 1.54. The first-order valence-electron chi connectivity index (χ1n) is 9.90.